The van der Waals surface area contributed by atoms with Gasteiger partial charge in [-0.25, -0.2) is 4.79 Å². The highest BCUT2D eigenvalue weighted by atomic mass is 35.5. The minimum Gasteiger partial charge on any atom is -0.445 e. The zero-order chi connectivity index (χ0) is 13.8. The molecule has 0 bridgehead atoms. The normalized spacial score (nSPS) is 22.3. The van der Waals surface area contributed by atoms with Crippen molar-refractivity contribution in [2.24, 2.45) is 11.8 Å². The Morgan fingerprint density at radius 2 is 2.00 bits per heavy atom. The molecule has 4 nitrogen and oxygen atoms in total. The molecular weight excluding hydrogens is 266 g/mol. The molecule has 1 saturated heterocycles. The van der Waals surface area contributed by atoms with Crippen LogP contribution in [0.25, 0.3) is 0 Å². The molecule has 0 unspecified atom stereocenters. The maximum Gasteiger partial charge on any atom is 0.410 e. The number of hydrogen-bond donors (Lipinski definition) is 0. The van der Waals surface area contributed by atoms with Crippen molar-refractivity contribution in [2.45, 2.75) is 13.5 Å². The first-order valence-corrected chi connectivity index (χ1v) is 6.60. The standard InChI is InChI=1S/C14H16ClNO3/c1-10-7-16(8-12(10)13(15)17)14(18)19-9-11-5-3-2-4-6-11/h2-6,10,12H,7-9H2,1H3/t10-,12+/m1/s1. The summed E-state index contributed by atoms with van der Waals surface area (Å²) in [6.07, 6.45) is -0.392. The van der Waals surface area contributed by atoms with E-state index >= 15 is 0 Å². The Balaban J connectivity index is 1.86. The molecule has 0 radical (unpaired) electrons. The molecule has 1 aromatic carbocycles. The highest BCUT2D eigenvalue weighted by Gasteiger charge is 2.36. The van der Waals surface area contributed by atoms with Crippen LogP contribution in [0.4, 0.5) is 4.79 Å². The number of halogens is 1. The van der Waals surface area contributed by atoms with E-state index in [0.29, 0.717) is 13.1 Å². The van der Waals surface area contributed by atoms with Crippen molar-refractivity contribution in [3.63, 3.8) is 0 Å². The van der Waals surface area contributed by atoms with Gasteiger partial charge in [-0.15, -0.1) is 0 Å². The number of benzene rings is 1. The van der Waals surface area contributed by atoms with Crippen molar-refractivity contribution >= 4 is 22.9 Å². The molecule has 0 aliphatic carbocycles. The second-order valence-electron chi connectivity index (χ2n) is 4.83. The quantitative estimate of drug-likeness (QED) is 0.800. The Morgan fingerprint density at radius 1 is 1.32 bits per heavy atom. The smallest absolute Gasteiger partial charge is 0.410 e. The number of carbonyl (C=O) groups is 2. The molecule has 1 amide bonds. The summed E-state index contributed by atoms with van der Waals surface area (Å²) in [7, 11) is 0. The first-order valence-electron chi connectivity index (χ1n) is 6.23. The SMILES string of the molecule is C[C@@H]1CN(C(=O)OCc2ccccc2)C[C@@H]1C(=O)Cl. The fourth-order valence-corrected chi connectivity index (χ4v) is 2.51. The molecule has 102 valence electrons. The van der Waals surface area contributed by atoms with Crippen LogP contribution in [0.1, 0.15) is 12.5 Å². The Bertz CT molecular complexity index is 463. The van der Waals surface area contributed by atoms with Crippen molar-refractivity contribution in [3.05, 3.63) is 35.9 Å². The highest BCUT2D eigenvalue weighted by Crippen LogP contribution is 2.25. The summed E-state index contributed by atoms with van der Waals surface area (Å²) in [5.74, 6) is -0.208. The lowest BCUT2D eigenvalue weighted by molar-refractivity contribution is -0.115. The average molecular weight is 282 g/mol. The fraction of sp³-hybridized carbons (Fsp3) is 0.429. The topological polar surface area (TPSA) is 46.6 Å². The minimum atomic E-state index is -0.392. The van der Waals surface area contributed by atoms with Crippen LogP contribution in [0.2, 0.25) is 0 Å². The summed E-state index contributed by atoms with van der Waals surface area (Å²) in [4.78, 5) is 24.6. The second-order valence-corrected chi connectivity index (χ2v) is 5.21. The van der Waals surface area contributed by atoms with E-state index in [1.807, 2.05) is 37.3 Å². The van der Waals surface area contributed by atoms with Crippen LogP contribution in [-0.2, 0) is 16.1 Å². The number of rotatable bonds is 3. The van der Waals surface area contributed by atoms with Gasteiger partial charge in [0.1, 0.15) is 6.61 Å². The molecule has 2 rings (SSSR count). The van der Waals surface area contributed by atoms with E-state index in [1.165, 1.54) is 0 Å². The zero-order valence-corrected chi connectivity index (χ0v) is 11.5. The number of likely N-dealkylation sites (tertiary alicyclic amines) is 1. The zero-order valence-electron chi connectivity index (χ0n) is 10.7. The molecule has 1 fully saturated rings. The van der Waals surface area contributed by atoms with Gasteiger partial charge in [-0.2, -0.15) is 0 Å². The summed E-state index contributed by atoms with van der Waals surface area (Å²) < 4.78 is 5.22. The van der Waals surface area contributed by atoms with E-state index in [0.717, 1.165) is 5.56 Å². The third-order valence-corrected chi connectivity index (χ3v) is 3.65. The number of carbonyl (C=O) groups excluding carboxylic acids is 2. The predicted molar refractivity (Wildman–Crippen MR) is 71.7 cm³/mol. The van der Waals surface area contributed by atoms with Crippen LogP contribution in [0.3, 0.4) is 0 Å². The Morgan fingerprint density at radius 3 is 2.58 bits per heavy atom. The monoisotopic (exact) mass is 281 g/mol. The molecule has 0 aromatic heterocycles. The number of amides is 1. The van der Waals surface area contributed by atoms with Crippen LogP contribution in [-0.4, -0.2) is 29.3 Å². The van der Waals surface area contributed by atoms with Gasteiger partial charge in [0.05, 0.1) is 5.92 Å². The van der Waals surface area contributed by atoms with Gasteiger partial charge in [-0.05, 0) is 23.1 Å². The van der Waals surface area contributed by atoms with Crippen LogP contribution in [0.5, 0.6) is 0 Å². The van der Waals surface area contributed by atoms with E-state index in [1.54, 1.807) is 4.90 Å². The van der Waals surface area contributed by atoms with E-state index in [9.17, 15) is 9.59 Å². The van der Waals surface area contributed by atoms with Gasteiger partial charge in [0.25, 0.3) is 0 Å². The lowest BCUT2D eigenvalue weighted by Gasteiger charge is -2.15. The van der Waals surface area contributed by atoms with Gasteiger partial charge in [0, 0.05) is 13.1 Å². The Hall–Kier alpha value is -1.55. The number of nitrogens with zero attached hydrogens (tertiary/aromatic N) is 1. The summed E-state index contributed by atoms with van der Waals surface area (Å²) in [5, 5.41) is -0.383. The van der Waals surface area contributed by atoms with E-state index in [4.69, 9.17) is 16.3 Å². The van der Waals surface area contributed by atoms with E-state index in [2.05, 4.69) is 0 Å². The van der Waals surface area contributed by atoms with Crippen molar-refractivity contribution in [1.82, 2.24) is 4.90 Å². The van der Waals surface area contributed by atoms with Crippen molar-refractivity contribution in [1.29, 1.82) is 0 Å². The second kappa shape index (κ2) is 6.06. The van der Waals surface area contributed by atoms with Gasteiger partial charge >= 0.3 is 6.09 Å². The summed E-state index contributed by atoms with van der Waals surface area (Å²) >= 11 is 5.50. The van der Waals surface area contributed by atoms with E-state index in [-0.39, 0.29) is 23.7 Å². The van der Waals surface area contributed by atoms with Gasteiger partial charge in [0.15, 0.2) is 0 Å². The summed E-state index contributed by atoms with van der Waals surface area (Å²) in [6, 6.07) is 9.48. The maximum absolute atomic E-state index is 11.9. The van der Waals surface area contributed by atoms with Crippen LogP contribution in [0, 0.1) is 11.8 Å². The van der Waals surface area contributed by atoms with E-state index < -0.39 is 6.09 Å². The molecule has 1 aliphatic heterocycles. The van der Waals surface area contributed by atoms with Crippen molar-refractivity contribution in [2.75, 3.05) is 13.1 Å². The molecule has 0 spiro atoms. The van der Waals surface area contributed by atoms with Crippen LogP contribution in [0.15, 0.2) is 30.3 Å². The van der Waals surface area contributed by atoms with Crippen molar-refractivity contribution < 1.29 is 14.3 Å². The molecule has 0 saturated carbocycles. The third-order valence-electron chi connectivity index (χ3n) is 3.37. The maximum atomic E-state index is 11.9. The molecule has 5 heteroatoms. The molecule has 0 N–H and O–H groups in total. The van der Waals surface area contributed by atoms with Crippen molar-refractivity contribution in [3.8, 4) is 0 Å². The molecule has 1 heterocycles. The Labute approximate surface area is 117 Å². The molecule has 19 heavy (non-hydrogen) atoms. The molecule has 2 atom stereocenters. The predicted octanol–water partition coefficient (Wildman–Crippen LogP) is 2.66. The largest absolute Gasteiger partial charge is 0.445 e. The van der Waals surface area contributed by atoms with Gasteiger partial charge in [0.2, 0.25) is 5.24 Å². The lowest BCUT2D eigenvalue weighted by atomic mass is 10.0. The van der Waals surface area contributed by atoms with Crippen LogP contribution < -0.4 is 0 Å². The highest BCUT2D eigenvalue weighted by molar-refractivity contribution is 6.64. The average Bonchev–Trinajstić information content (AvgIpc) is 2.79. The first kappa shape index (κ1) is 13.9. The molecule has 1 aromatic rings. The summed E-state index contributed by atoms with van der Waals surface area (Å²) in [6.45, 7) is 3.01. The Kier molecular flexibility index (Phi) is 4.43. The molecular formula is C14H16ClNO3. The first-order chi connectivity index (χ1) is 9.08. The van der Waals surface area contributed by atoms with Gasteiger partial charge in [-0.3, -0.25) is 4.79 Å². The molecule has 1 aliphatic rings. The summed E-state index contributed by atoms with van der Waals surface area (Å²) in [5.41, 5.74) is 0.938. The third kappa shape index (κ3) is 3.47. The lowest BCUT2D eigenvalue weighted by Crippen LogP contribution is -2.30. The number of hydrogen-bond acceptors (Lipinski definition) is 3. The van der Waals surface area contributed by atoms with Crippen LogP contribution >= 0.6 is 11.6 Å². The van der Waals surface area contributed by atoms with Gasteiger partial charge in [-0.1, -0.05) is 37.3 Å². The van der Waals surface area contributed by atoms with Gasteiger partial charge < -0.3 is 9.64 Å². The minimum absolute atomic E-state index is 0.0780. The number of ether oxygens (including phenoxy) is 1. The fourth-order valence-electron chi connectivity index (χ4n) is 2.22.